The number of hydrogen-bond donors (Lipinski definition) is 3. The summed E-state index contributed by atoms with van der Waals surface area (Å²) in [6.45, 7) is 9.06. The van der Waals surface area contributed by atoms with Gasteiger partial charge < -0.3 is 26.0 Å². The first-order valence-corrected chi connectivity index (χ1v) is 10.9. The van der Waals surface area contributed by atoms with E-state index in [0.29, 0.717) is 12.3 Å². The van der Waals surface area contributed by atoms with Crippen LogP contribution in [-0.4, -0.2) is 62.1 Å². The smallest absolute Gasteiger partial charge is 0.220 e. The third-order valence-electron chi connectivity index (χ3n) is 5.19. The zero-order valence-electron chi connectivity index (χ0n) is 18.6. The largest absolute Gasteiger partial charge is 0.489 e. The number of ether oxygens (including phenoxy) is 1. The van der Waals surface area contributed by atoms with Crippen LogP contribution in [-0.2, 0) is 4.79 Å². The average Bonchev–Trinajstić information content (AvgIpc) is 2.73. The first-order chi connectivity index (χ1) is 14.5. The molecule has 1 fully saturated rings. The Morgan fingerprint density at radius 3 is 2.55 bits per heavy atom. The summed E-state index contributed by atoms with van der Waals surface area (Å²) >= 11 is 0. The van der Waals surface area contributed by atoms with Crippen LogP contribution < -0.4 is 21.1 Å². The fourth-order valence-corrected chi connectivity index (χ4v) is 3.45. The van der Waals surface area contributed by atoms with Gasteiger partial charge in [0.2, 0.25) is 5.91 Å². The zero-order chi connectivity index (χ0) is 21.8. The normalized spacial score (nSPS) is 16.3. The monoisotopic (exact) mass is 549 g/mol. The van der Waals surface area contributed by atoms with Crippen LogP contribution in [0.1, 0.15) is 39.5 Å². The number of nitrogens with one attached hydrogen (secondary N) is 2. The van der Waals surface area contributed by atoms with Crippen molar-refractivity contribution >= 4 is 35.8 Å². The first-order valence-electron chi connectivity index (χ1n) is 10.9. The van der Waals surface area contributed by atoms with Gasteiger partial charge in [0.15, 0.2) is 5.96 Å². The molecule has 7 nitrogen and oxygen atoms in total. The number of aliphatic imine (C=N–C) groups is 1. The van der Waals surface area contributed by atoms with Gasteiger partial charge in [0.1, 0.15) is 17.7 Å². The minimum absolute atomic E-state index is 0. The lowest BCUT2D eigenvalue weighted by atomic mass is 9.96. The maximum Gasteiger partial charge on any atom is 0.220 e. The summed E-state index contributed by atoms with van der Waals surface area (Å²) in [5, 5.41) is 6.61. The van der Waals surface area contributed by atoms with Gasteiger partial charge in [-0.3, -0.25) is 4.79 Å². The lowest BCUT2D eigenvalue weighted by Gasteiger charge is -2.30. The van der Waals surface area contributed by atoms with Crippen LogP contribution in [0.5, 0.6) is 5.75 Å². The van der Waals surface area contributed by atoms with Crippen LogP contribution >= 0.6 is 24.0 Å². The van der Waals surface area contributed by atoms with E-state index in [9.17, 15) is 9.18 Å². The average molecular weight is 549 g/mol. The minimum atomic E-state index is -0.276. The standard InChI is InChI=1S/C22H36FN5O2.HI/c1-3-25-22(27-16-17(2)30-20-8-6-19(23)7-9-20)26-12-4-5-13-28-14-10-18(11-15-28)21(24)29;/h6-9,17-18H,3-5,10-16H2,1-2H3,(H2,24,29)(H2,25,26,27);1H. The van der Waals surface area contributed by atoms with Gasteiger partial charge in [-0.15, -0.1) is 24.0 Å². The number of piperidine rings is 1. The number of rotatable bonds is 11. The second-order valence-corrected chi connectivity index (χ2v) is 7.75. The van der Waals surface area contributed by atoms with Crippen LogP contribution in [0, 0.1) is 11.7 Å². The van der Waals surface area contributed by atoms with Crippen molar-refractivity contribution < 1.29 is 13.9 Å². The first kappa shape index (κ1) is 27.4. The van der Waals surface area contributed by atoms with Gasteiger partial charge in [0.25, 0.3) is 0 Å². The van der Waals surface area contributed by atoms with E-state index < -0.39 is 0 Å². The van der Waals surface area contributed by atoms with Crippen LogP contribution in [0.15, 0.2) is 29.3 Å². The highest BCUT2D eigenvalue weighted by molar-refractivity contribution is 14.0. The molecule has 9 heteroatoms. The molecule has 0 radical (unpaired) electrons. The Morgan fingerprint density at radius 1 is 1.26 bits per heavy atom. The van der Waals surface area contributed by atoms with Crippen LogP contribution in [0.3, 0.4) is 0 Å². The van der Waals surface area contributed by atoms with Crippen molar-refractivity contribution in [1.29, 1.82) is 0 Å². The summed E-state index contributed by atoms with van der Waals surface area (Å²) in [5.74, 6) is 1.02. The molecule has 0 bridgehead atoms. The summed E-state index contributed by atoms with van der Waals surface area (Å²) in [7, 11) is 0. The Morgan fingerprint density at radius 2 is 1.94 bits per heavy atom. The van der Waals surface area contributed by atoms with Gasteiger partial charge in [0.05, 0.1) is 6.54 Å². The fourth-order valence-electron chi connectivity index (χ4n) is 3.45. The van der Waals surface area contributed by atoms with Gasteiger partial charge in [0, 0.05) is 19.0 Å². The molecule has 1 aliphatic rings. The van der Waals surface area contributed by atoms with Crippen LogP contribution in [0.2, 0.25) is 0 Å². The molecule has 2 rings (SSSR count). The van der Waals surface area contributed by atoms with E-state index in [0.717, 1.165) is 64.4 Å². The number of benzene rings is 1. The number of amides is 1. The summed E-state index contributed by atoms with van der Waals surface area (Å²) in [6.07, 6.45) is 3.78. The molecule has 1 aromatic rings. The van der Waals surface area contributed by atoms with E-state index in [1.165, 1.54) is 12.1 Å². The molecule has 176 valence electrons. The van der Waals surface area contributed by atoms with E-state index in [-0.39, 0.29) is 47.7 Å². The van der Waals surface area contributed by atoms with Crippen LogP contribution in [0.25, 0.3) is 0 Å². The van der Waals surface area contributed by atoms with Gasteiger partial charge in [-0.05, 0) is 83.4 Å². The molecular formula is C22H37FIN5O2. The summed E-state index contributed by atoms with van der Waals surface area (Å²) in [5.41, 5.74) is 5.39. The second kappa shape index (κ2) is 15.2. The number of halogens is 2. The van der Waals surface area contributed by atoms with E-state index in [4.69, 9.17) is 10.5 Å². The number of carbonyl (C=O) groups is 1. The second-order valence-electron chi connectivity index (χ2n) is 7.75. The molecule has 0 aromatic heterocycles. The number of nitrogens with zero attached hydrogens (tertiary/aromatic N) is 2. The predicted octanol–water partition coefficient (Wildman–Crippen LogP) is 2.74. The highest BCUT2D eigenvalue weighted by Gasteiger charge is 2.22. The minimum Gasteiger partial charge on any atom is -0.489 e. The molecular weight excluding hydrogens is 512 g/mol. The van der Waals surface area contributed by atoms with Crippen molar-refractivity contribution in [2.75, 3.05) is 39.3 Å². The molecule has 1 aromatic carbocycles. The number of nitrogens with two attached hydrogens (primary N) is 1. The zero-order valence-corrected chi connectivity index (χ0v) is 20.9. The topological polar surface area (TPSA) is 92.0 Å². The molecule has 0 spiro atoms. The SMILES string of the molecule is CCNC(=NCC(C)Oc1ccc(F)cc1)NCCCCN1CCC(C(N)=O)CC1.I. The number of primary amides is 1. The van der Waals surface area contributed by atoms with E-state index in [1.807, 2.05) is 13.8 Å². The molecule has 1 atom stereocenters. The third-order valence-corrected chi connectivity index (χ3v) is 5.19. The lowest BCUT2D eigenvalue weighted by Crippen LogP contribution is -2.40. The van der Waals surface area contributed by atoms with Gasteiger partial charge in [-0.2, -0.15) is 0 Å². The van der Waals surface area contributed by atoms with Crippen LogP contribution in [0.4, 0.5) is 4.39 Å². The molecule has 1 aliphatic heterocycles. The highest BCUT2D eigenvalue weighted by atomic mass is 127. The number of unbranched alkanes of at least 4 members (excludes halogenated alkanes) is 1. The van der Waals surface area contributed by atoms with Crippen molar-refractivity contribution in [2.24, 2.45) is 16.6 Å². The van der Waals surface area contributed by atoms with Gasteiger partial charge in [-0.1, -0.05) is 0 Å². The van der Waals surface area contributed by atoms with Crippen molar-refractivity contribution in [3.63, 3.8) is 0 Å². The molecule has 0 aliphatic carbocycles. The van der Waals surface area contributed by atoms with Gasteiger partial charge >= 0.3 is 0 Å². The molecule has 31 heavy (non-hydrogen) atoms. The summed E-state index contributed by atoms with van der Waals surface area (Å²) in [6, 6.07) is 6.01. The number of carbonyl (C=O) groups excluding carboxylic acids is 1. The predicted molar refractivity (Wildman–Crippen MR) is 133 cm³/mol. The molecule has 1 unspecified atom stereocenters. The Hall–Kier alpha value is -1.62. The van der Waals surface area contributed by atoms with Crippen molar-refractivity contribution in [2.45, 2.75) is 45.6 Å². The number of likely N-dealkylation sites (tertiary alicyclic amines) is 1. The molecule has 1 saturated heterocycles. The van der Waals surface area contributed by atoms with E-state index >= 15 is 0 Å². The Labute approximate surface area is 202 Å². The van der Waals surface area contributed by atoms with E-state index in [2.05, 4.69) is 20.5 Å². The Kier molecular flexibility index (Phi) is 13.5. The Balaban J connectivity index is 0.00000480. The van der Waals surface area contributed by atoms with Crippen molar-refractivity contribution in [3.05, 3.63) is 30.1 Å². The summed E-state index contributed by atoms with van der Waals surface area (Å²) in [4.78, 5) is 18.2. The van der Waals surface area contributed by atoms with Crippen molar-refractivity contribution in [1.82, 2.24) is 15.5 Å². The van der Waals surface area contributed by atoms with Gasteiger partial charge in [-0.25, -0.2) is 9.38 Å². The van der Waals surface area contributed by atoms with E-state index in [1.54, 1.807) is 12.1 Å². The molecule has 1 amide bonds. The Bertz CT molecular complexity index is 666. The fraction of sp³-hybridized carbons (Fsp3) is 0.636. The third kappa shape index (κ3) is 11.0. The number of guanidine groups is 1. The maximum absolute atomic E-state index is 13.0. The summed E-state index contributed by atoms with van der Waals surface area (Å²) < 4.78 is 18.7. The van der Waals surface area contributed by atoms with Crippen molar-refractivity contribution in [3.8, 4) is 5.75 Å². The molecule has 1 heterocycles. The highest BCUT2D eigenvalue weighted by Crippen LogP contribution is 2.16. The molecule has 4 N–H and O–H groups in total. The molecule has 0 saturated carbocycles. The quantitative estimate of drug-likeness (QED) is 0.171. The lowest BCUT2D eigenvalue weighted by molar-refractivity contribution is -0.123. The maximum atomic E-state index is 13.0. The number of hydrogen-bond acceptors (Lipinski definition) is 4.